The molecule has 2 aromatic rings. The Morgan fingerprint density at radius 3 is 2.18 bits per heavy atom. The molecular formula is C31H42N2O6. The Morgan fingerprint density at radius 2 is 1.51 bits per heavy atom. The topological polar surface area (TPSA) is 108 Å². The number of piperidine rings is 1. The van der Waals surface area contributed by atoms with Crippen LogP contribution >= 0.6 is 0 Å². The van der Waals surface area contributed by atoms with E-state index in [9.17, 15) is 14.7 Å². The van der Waals surface area contributed by atoms with Crippen molar-refractivity contribution in [2.45, 2.75) is 89.3 Å². The summed E-state index contributed by atoms with van der Waals surface area (Å²) >= 11 is 0. The third-order valence-corrected chi connectivity index (χ3v) is 7.54. The molecular weight excluding hydrogens is 496 g/mol. The van der Waals surface area contributed by atoms with Crippen molar-refractivity contribution in [2.75, 3.05) is 25.0 Å². The summed E-state index contributed by atoms with van der Waals surface area (Å²) in [5.41, 5.74) is 3.59. The van der Waals surface area contributed by atoms with Gasteiger partial charge in [-0.25, -0.2) is 0 Å². The van der Waals surface area contributed by atoms with Gasteiger partial charge < -0.3 is 29.9 Å². The molecule has 2 aliphatic heterocycles. The highest BCUT2D eigenvalue weighted by atomic mass is 16.7. The number of nitrogens with one attached hydrogen (secondary N) is 1. The molecule has 2 fully saturated rings. The van der Waals surface area contributed by atoms with Crippen LogP contribution < -0.4 is 5.32 Å². The average molecular weight is 539 g/mol. The third-order valence-electron chi connectivity index (χ3n) is 7.54. The first-order chi connectivity index (χ1) is 19.0. The van der Waals surface area contributed by atoms with Crippen LogP contribution in [0, 0.1) is 0 Å². The van der Waals surface area contributed by atoms with Crippen molar-refractivity contribution < 1.29 is 29.3 Å². The molecule has 0 bridgehead atoms. The van der Waals surface area contributed by atoms with Crippen molar-refractivity contribution >= 4 is 17.6 Å². The summed E-state index contributed by atoms with van der Waals surface area (Å²) in [6.07, 6.45) is 7.61. The van der Waals surface area contributed by atoms with Crippen LogP contribution in [-0.4, -0.2) is 52.7 Å². The Labute approximate surface area is 231 Å². The molecule has 212 valence electrons. The number of carbonyl (C=O) groups is 2. The SMILES string of the molecule is O=C(O)CCCCCCC(=O)Nc1ccc([C@H]2O[C@@H](CN3CCCCC3)C[C@@H](c3ccc(CO)cc3)O2)cc1. The molecule has 0 unspecified atom stereocenters. The highest BCUT2D eigenvalue weighted by molar-refractivity contribution is 5.90. The van der Waals surface area contributed by atoms with Crippen LogP contribution in [0.5, 0.6) is 0 Å². The number of carboxylic acid groups (broad SMARTS) is 1. The number of aliphatic hydroxyl groups excluding tert-OH is 1. The molecule has 2 heterocycles. The van der Waals surface area contributed by atoms with E-state index in [0.717, 1.165) is 67.7 Å². The molecule has 0 aliphatic carbocycles. The lowest BCUT2D eigenvalue weighted by atomic mass is 9.99. The predicted molar refractivity (Wildman–Crippen MR) is 149 cm³/mol. The minimum absolute atomic E-state index is 0.0187. The largest absolute Gasteiger partial charge is 0.481 e. The Bertz CT molecular complexity index is 1040. The van der Waals surface area contributed by atoms with Gasteiger partial charge in [-0.15, -0.1) is 0 Å². The predicted octanol–water partition coefficient (Wildman–Crippen LogP) is 5.57. The fourth-order valence-electron chi connectivity index (χ4n) is 5.33. The van der Waals surface area contributed by atoms with Gasteiger partial charge in [0, 0.05) is 37.1 Å². The number of aliphatic hydroxyl groups is 1. The summed E-state index contributed by atoms with van der Waals surface area (Å²) in [7, 11) is 0. The number of carbonyl (C=O) groups excluding carboxylic acids is 1. The number of anilines is 1. The average Bonchev–Trinajstić information content (AvgIpc) is 2.95. The lowest BCUT2D eigenvalue weighted by Crippen LogP contribution is -2.41. The fourth-order valence-corrected chi connectivity index (χ4v) is 5.33. The van der Waals surface area contributed by atoms with Gasteiger partial charge in [-0.1, -0.05) is 55.7 Å². The standard InChI is InChI=1S/C31H42N2O6/c34-22-23-10-12-24(13-11-23)28-20-27(21-33-18-6-3-7-19-33)38-31(39-28)25-14-16-26(17-15-25)32-29(35)8-4-1-2-5-9-30(36)37/h10-17,27-28,31,34H,1-9,18-22H2,(H,32,35)(H,36,37)/t27-,28+,31+/m1/s1. The van der Waals surface area contributed by atoms with Crippen LogP contribution in [0.15, 0.2) is 48.5 Å². The van der Waals surface area contributed by atoms with Crippen LogP contribution in [0.4, 0.5) is 5.69 Å². The van der Waals surface area contributed by atoms with E-state index in [1.54, 1.807) is 0 Å². The Morgan fingerprint density at radius 1 is 0.846 bits per heavy atom. The van der Waals surface area contributed by atoms with Crippen molar-refractivity contribution in [1.29, 1.82) is 0 Å². The van der Waals surface area contributed by atoms with E-state index in [2.05, 4.69) is 10.2 Å². The van der Waals surface area contributed by atoms with Crippen molar-refractivity contribution in [3.8, 4) is 0 Å². The number of amides is 1. The molecule has 0 radical (unpaired) electrons. The highest BCUT2D eigenvalue weighted by Gasteiger charge is 2.33. The van der Waals surface area contributed by atoms with Gasteiger partial charge in [-0.05, 0) is 62.0 Å². The summed E-state index contributed by atoms with van der Waals surface area (Å²) in [6, 6.07) is 15.6. The van der Waals surface area contributed by atoms with Gasteiger partial charge in [-0.2, -0.15) is 0 Å². The smallest absolute Gasteiger partial charge is 0.303 e. The quantitative estimate of drug-likeness (QED) is 0.286. The summed E-state index contributed by atoms with van der Waals surface area (Å²) < 4.78 is 12.9. The Hall–Kier alpha value is -2.78. The molecule has 0 aromatic heterocycles. The first kappa shape index (κ1) is 29.2. The normalized spacial score (nSPS) is 21.9. The highest BCUT2D eigenvalue weighted by Crippen LogP contribution is 2.38. The number of unbranched alkanes of at least 4 members (excludes halogenated alkanes) is 3. The molecule has 39 heavy (non-hydrogen) atoms. The number of hydrogen-bond acceptors (Lipinski definition) is 6. The van der Waals surface area contributed by atoms with E-state index < -0.39 is 12.3 Å². The van der Waals surface area contributed by atoms with Crippen molar-refractivity contribution in [3.63, 3.8) is 0 Å². The molecule has 8 nitrogen and oxygen atoms in total. The fraction of sp³-hybridized carbons (Fsp3) is 0.548. The van der Waals surface area contributed by atoms with Crippen LogP contribution in [0.25, 0.3) is 0 Å². The number of carboxylic acids is 1. The maximum absolute atomic E-state index is 12.3. The van der Waals surface area contributed by atoms with Crippen molar-refractivity contribution in [2.24, 2.45) is 0 Å². The van der Waals surface area contributed by atoms with Crippen LogP contribution in [0.1, 0.15) is 93.3 Å². The first-order valence-electron chi connectivity index (χ1n) is 14.3. The zero-order chi connectivity index (χ0) is 27.5. The monoisotopic (exact) mass is 538 g/mol. The minimum atomic E-state index is -0.773. The van der Waals surface area contributed by atoms with Gasteiger partial charge in [-0.3, -0.25) is 9.59 Å². The summed E-state index contributed by atoms with van der Waals surface area (Å²) in [4.78, 5) is 25.4. The number of nitrogens with zero attached hydrogens (tertiary/aromatic N) is 1. The van der Waals surface area contributed by atoms with E-state index in [1.807, 2.05) is 48.5 Å². The number of ether oxygens (including phenoxy) is 2. The minimum Gasteiger partial charge on any atom is -0.481 e. The van der Waals surface area contributed by atoms with E-state index in [4.69, 9.17) is 14.6 Å². The van der Waals surface area contributed by atoms with Crippen molar-refractivity contribution in [3.05, 3.63) is 65.2 Å². The second-order valence-electron chi connectivity index (χ2n) is 10.7. The van der Waals surface area contributed by atoms with E-state index in [1.165, 1.54) is 19.3 Å². The lowest BCUT2D eigenvalue weighted by Gasteiger charge is -2.39. The molecule has 3 atom stereocenters. The van der Waals surface area contributed by atoms with Gasteiger partial charge in [0.25, 0.3) is 0 Å². The van der Waals surface area contributed by atoms with Gasteiger partial charge in [0.15, 0.2) is 6.29 Å². The second-order valence-corrected chi connectivity index (χ2v) is 10.7. The van der Waals surface area contributed by atoms with Gasteiger partial charge in [0.2, 0.25) is 5.91 Å². The summed E-state index contributed by atoms with van der Waals surface area (Å²) in [5.74, 6) is -0.816. The molecule has 0 spiro atoms. The summed E-state index contributed by atoms with van der Waals surface area (Å²) in [6.45, 7) is 3.12. The number of rotatable bonds is 13. The van der Waals surface area contributed by atoms with E-state index in [-0.39, 0.29) is 31.1 Å². The van der Waals surface area contributed by atoms with Gasteiger partial charge in [0.1, 0.15) is 0 Å². The van der Waals surface area contributed by atoms with Crippen molar-refractivity contribution in [1.82, 2.24) is 4.90 Å². The van der Waals surface area contributed by atoms with Gasteiger partial charge in [0.05, 0.1) is 18.8 Å². The van der Waals surface area contributed by atoms with E-state index in [0.29, 0.717) is 12.8 Å². The van der Waals surface area contributed by atoms with Crippen LogP contribution in [-0.2, 0) is 25.7 Å². The third kappa shape index (κ3) is 9.42. The van der Waals surface area contributed by atoms with Gasteiger partial charge >= 0.3 is 5.97 Å². The van der Waals surface area contributed by atoms with Crippen LogP contribution in [0.2, 0.25) is 0 Å². The molecule has 2 aliphatic rings. The molecule has 4 rings (SSSR count). The lowest BCUT2D eigenvalue weighted by molar-refractivity contribution is -0.253. The van der Waals surface area contributed by atoms with Crippen LogP contribution in [0.3, 0.4) is 0 Å². The summed E-state index contributed by atoms with van der Waals surface area (Å²) in [5, 5.41) is 21.1. The zero-order valence-corrected chi connectivity index (χ0v) is 22.7. The molecule has 2 aromatic carbocycles. The zero-order valence-electron chi connectivity index (χ0n) is 22.7. The maximum atomic E-state index is 12.3. The van der Waals surface area contributed by atoms with E-state index >= 15 is 0 Å². The maximum Gasteiger partial charge on any atom is 0.303 e. The number of aliphatic carboxylic acids is 1. The molecule has 8 heteroatoms. The molecule has 0 saturated carbocycles. The number of hydrogen-bond donors (Lipinski definition) is 3. The molecule has 2 saturated heterocycles. The second kappa shape index (κ2) is 15.1. The first-order valence-corrected chi connectivity index (χ1v) is 14.3. The Balaban J connectivity index is 1.34. The number of benzene rings is 2. The Kier molecular flexibility index (Phi) is 11.3. The molecule has 3 N–H and O–H groups in total. The number of likely N-dealkylation sites (tertiary alicyclic amines) is 1. The molecule has 1 amide bonds.